The quantitative estimate of drug-likeness (QED) is 0.487. The predicted octanol–water partition coefficient (Wildman–Crippen LogP) is 4.43. The van der Waals surface area contributed by atoms with Gasteiger partial charge in [0.05, 0.1) is 21.6 Å². The molecule has 0 saturated heterocycles. The maximum atomic E-state index is 11.1. The van der Waals surface area contributed by atoms with Gasteiger partial charge < -0.3 is 0 Å². The molecule has 24 heavy (non-hydrogen) atoms. The van der Waals surface area contributed by atoms with Crippen molar-refractivity contribution in [3.8, 4) is 0 Å². The van der Waals surface area contributed by atoms with Crippen molar-refractivity contribution >= 4 is 22.8 Å². The fourth-order valence-electron chi connectivity index (χ4n) is 2.50. The molecule has 1 aliphatic rings. The molecule has 8 nitrogen and oxygen atoms in total. The van der Waals surface area contributed by atoms with Gasteiger partial charge in [-0.2, -0.15) is 5.10 Å². The fraction of sp³-hybridized carbons (Fsp3) is 0.438. The Hall–Kier alpha value is -2.77. The lowest BCUT2D eigenvalue weighted by Crippen LogP contribution is -2.17. The van der Waals surface area contributed by atoms with Gasteiger partial charge >= 0.3 is 5.69 Å². The van der Waals surface area contributed by atoms with Crippen LogP contribution in [0.5, 0.6) is 0 Å². The Morgan fingerprint density at radius 2 is 1.96 bits per heavy atom. The normalized spacial score (nSPS) is 17.1. The molecule has 0 bridgehead atoms. The van der Waals surface area contributed by atoms with Crippen LogP contribution >= 0.6 is 0 Å². The Labute approximate surface area is 139 Å². The Balaban J connectivity index is 2.20. The number of rotatable bonds is 5. The zero-order valence-electron chi connectivity index (χ0n) is 13.9. The van der Waals surface area contributed by atoms with E-state index in [0.717, 1.165) is 36.6 Å². The van der Waals surface area contributed by atoms with Gasteiger partial charge in [0, 0.05) is 6.07 Å². The molecule has 0 aliphatic heterocycles. The molecule has 0 radical (unpaired) electrons. The fourth-order valence-corrected chi connectivity index (χ4v) is 2.50. The second kappa shape index (κ2) is 6.77. The molecule has 1 N–H and O–H groups in total. The van der Waals surface area contributed by atoms with Crippen molar-refractivity contribution in [3.63, 3.8) is 0 Å². The first-order valence-electron chi connectivity index (χ1n) is 7.62. The van der Waals surface area contributed by atoms with Crippen LogP contribution in [0.3, 0.4) is 0 Å². The van der Waals surface area contributed by atoms with Crippen molar-refractivity contribution in [2.45, 2.75) is 40.0 Å². The molecule has 8 heteroatoms. The Bertz CT molecular complexity index is 738. The van der Waals surface area contributed by atoms with Crippen molar-refractivity contribution in [1.29, 1.82) is 0 Å². The lowest BCUT2D eigenvalue weighted by molar-refractivity contribution is -0.393. The average molecular weight is 332 g/mol. The number of nitro benzene ring substituents is 2. The van der Waals surface area contributed by atoms with Gasteiger partial charge in [-0.15, -0.1) is 0 Å². The number of nitro groups is 2. The van der Waals surface area contributed by atoms with Crippen molar-refractivity contribution in [2.75, 3.05) is 5.43 Å². The summed E-state index contributed by atoms with van der Waals surface area (Å²) in [5.74, 6) is 0. The lowest BCUT2D eigenvalue weighted by Gasteiger charge is -2.28. The SMILES string of the molecule is C/C(=N\Nc1ccc([N+](=O)[O-])cc1[N+](=O)[O-])C1=CCC(C)(C)CC1. The largest absolute Gasteiger partial charge is 0.301 e. The standard InChI is InChI=1S/C16H20N4O4/c1-11(12-6-8-16(2,3)9-7-12)17-18-14-5-4-13(19(21)22)10-15(14)20(23)24/h4-6,10,18H,7-9H2,1-3H3/b17-11+. The minimum absolute atomic E-state index is 0.127. The molecule has 1 aromatic carbocycles. The maximum Gasteiger partial charge on any atom is 0.301 e. The van der Waals surface area contributed by atoms with Gasteiger partial charge in [-0.1, -0.05) is 19.9 Å². The first-order valence-corrected chi connectivity index (χ1v) is 7.62. The predicted molar refractivity (Wildman–Crippen MR) is 92.2 cm³/mol. The zero-order chi connectivity index (χ0) is 17.9. The van der Waals surface area contributed by atoms with E-state index in [2.05, 4.69) is 30.5 Å². The number of hydrogen-bond acceptors (Lipinski definition) is 6. The van der Waals surface area contributed by atoms with E-state index in [1.165, 1.54) is 12.1 Å². The third kappa shape index (κ3) is 4.15. The summed E-state index contributed by atoms with van der Waals surface area (Å²) in [6, 6.07) is 3.43. The summed E-state index contributed by atoms with van der Waals surface area (Å²) in [5.41, 5.74) is 4.25. The average Bonchev–Trinajstić information content (AvgIpc) is 2.52. The van der Waals surface area contributed by atoms with Crippen LogP contribution < -0.4 is 5.43 Å². The summed E-state index contributed by atoms with van der Waals surface area (Å²) in [4.78, 5) is 20.5. The van der Waals surface area contributed by atoms with Gasteiger partial charge in [-0.05, 0) is 43.2 Å². The summed E-state index contributed by atoms with van der Waals surface area (Å²) in [6.45, 7) is 6.27. The van der Waals surface area contributed by atoms with E-state index in [9.17, 15) is 20.2 Å². The summed E-state index contributed by atoms with van der Waals surface area (Å²) in [5, 5.41) is 26.0. The molecule has 0 saturated carbocycles. The number of benzene rings is 1. The molecule has 1 aliphatic carbocycles. The van der Waals surface area contributed by atoms with Gasteiger partial charge in [-0.25, -0.2) is 0 Å². The third-order valence-corrected chi connectivity index (χ3v) is 4.17. The van der Waals surface area contributed by atoms with Crippen LogP contribution in [0.1, 0.15) is 40.0 Å². The minimum Gasteiger partial charge on any atom is -0.271 e. The van der Waals surface area contributed by atoms with Crippen LogP contribution in [0.15, 0.2) is 34.9 Å². The molecule has 128 valence electrons. The topological polar surface area (TPSA) is 111 Å². The first-order chi connectivity index (χ1) is 11.2. The molecule has 0 heterocycles. The number of non-ortho nitro benzene ring substituents is 1. The summed E-state index contributed by atoms with van der Waals surface area (Å²) in [7, 11) is 0. The van der Waals surface area contributed by atoms with Crippen LogP contribution in [0, 0.1) is 25.6 Å². The molecule has 2 rings (SSSR count). The maximum absolute atomic E-state index is 11.1. The molecule has 0 fully saturated rings. The second-order valence-corrected chi connectivity index (χ2v) is 6.62. The van der Waals surface area contributed by atoms with Crippen LogP contribution in [-0.2, 0) is 0 Å². The van der Waals surface area contributed by atoms with E-state index in [0.29, 0.717) is 0 Å². The highest BCUT2D eigenvalue weighted by Gasteiger charge is 2.23. The highest BCUT2D eigenvalue weighted by atomic mass is 16.6. The summed E-state index contributed by atoms with van der Waals surface area (Å²) < 4.78 is 0. The first kappa shape index (κ1) is 17.6. The van der Waals surface area contributed by atoms with Gasteiger partial charge in [0.25, 0.3) is 5.69 Å². The van der Waals surface area contributed by atoms with E-state index >= 15 is 0 Å². The van der Waals surface area contributed by atoms with Crippen molar-refractivity contribution in [2.24, 2.45) is 10.5 Å². The molecule has 0 unspecified atom stereocenters. The van der Waals surface area contributed by atoms with E-state index in [1.54, 1.807) is 0 Å². The number of nitrogens with zero attached hydrogens (tertiary/aromatic N) is 3. The molecular weight excluding hydrogens is 312 g/mol. The summed E-state index contributed by atoms with van der Waals surface area (Å²) in [6.07, 6.45) is 5.08. The lowest BCUT2D eigenvalue weighted by atomic mass is 9.77. The highest BCUT2D eigenvalue weighted by Crippen LogP contribution is 2.34. The molecule has 0 amide bonds. The molecule has 0 spiro atoms. The van der Waals surface area contributed by atoms with Gasteiger partial charge in [0.2, 0.25) is 0 Å². The van der Waals surface area contributed by atoms with E-state index in [1.807, 2.05) is 6.92 Å². The molecule has 0 atom stereocenters. The molecule has 1 aromatic rings. The van der Waals surface area contributed by atoms with E-state index < -0.39 is 9.85 Å². The monoisotopic (exact) mass is 332 g/mol. The number of hydrazone groups is 1. The number of anilines is 1. The Morgan fingerprint density at radius 3 is 2.50 bits per heavy atom. The second-order valence-electron chi connectivity index (χ2n) is 6.62. The van der Waals surface area contributed by atoms with E-state index in [-0.39, 0.29) is 22.5 Å². The zero-order valence-corrected chi connectivity index (χ0v) is 13.9. The number of nitrogens with one attached hydrogen (secondary N) is 1. The highest BCUT2D eigenvalue weighted by molar-refractivity contribution is 5.98. The van der Waals surface area contributed by atoms with Crippen LogP contribution in [-0.4, -0.2) is 15.6 Å². The van der Waals surface area contributed by atoms with Crippen LogP contribution in [0.25, 0.3) is 0 Å². The molecule has 0 aromatic heterocycles. The van der Waals surface area contributed by atoms with Crippen molar-refractivity contribution in [3.05, 3.63) is 50.1 Å². The van der Waals surface area contributed by atoms with Gasteiger partial charge in [0.1, 0.15) is 5.69 Å². The van der Waals surface area contributed by atoms with E-state index in [4.69, 9.17) is 0 Å². The summed E-state index contributed by atoms with van der Waals surface area (Å²) >= 11 is 0. The van der Waals surface area contributed by atoms with Crippen LogP contribution in [0.4, 0.5) is 17.1 Å². The van der Waals surface area contributed by atoms with Crippen molar-refractivity contribution < 1.29 is 9.85 Å². The van der Waals surface area contributed by atoms with Gasteiger partial charge in [-0.3, -0.25) is 25.7 Å². The Morgan fingerprint density at radius 1 is 1.25 bits per heavy atom. The van der Waals surface area contributed by atoms with Gasteiger partial charge in [0.15, 0.2) is 0 Å². The smallest absolute Gasteiger partial charge is 0.271 e. The number of hydrogen-bond donors (Lipinski definition) is 1. The molecular formula is C16H20N4O4. The third-order valence-electron chi connectivity index (χ3n) is 4.17. The van der Waals surface area contributed by atoms with Crippen LogP contribution in [0.2, 0.25) is 0 Å². The number of allylic oxidation sites excluding steroid dienone is 2. The minimum atomic E-state index is -0.667. The van der Waals surface area contributed by atoms with Crippen molar-refractivity contribution in [1.82, 2.24) is 0 Å². The Kier molecular flexibility index (Phi) is 4.96.